The fourth-order valence-electron chi connectivity index (χ4n) is 13.6. The average molecular weight is 1200 g/mol. The summed E-state index contributed by atoms with van der Waals surface area (Å²) in [6.07, 6.45) is 15.0. The van der Waals surface area contributed by atoms with Crippen molar-refractivity contribution in [2.24, 2.45) is 22.7 Å². The molecule has 84 heavy (non-hydrogen) atoms. The molecule has 0 radical (unpaired) electrons. The molecule has 9 atom stereocenters. The van der Waals surface area contributed by atoms with E-state index in [9.17, 15) is 26.3 Å². The highest BCUT2D eigenvalue weighted by Gasteiger charge is 2.47. The quantitative estimate of drug-likeness (QED) is 0.144. The van der Waals surface area contributed by atoms with E-state index >= 15 is 0 Å². The number of nitrogens with zero attached hydrogens (tertiary/aromatic N) is 5. The van der Waals surface area contributed by atoms with Crippen molar-refractivity contribution in [3.8, 4) is 0 Å². The van der Waals surface area contributed by atoms with Gasteiger partial charge in [-0.1, -0.05) is 82.7 Å². The van der Waals surface area contributed by atoms with Crippen molar-refractivity contribution in [3.63, 3.8) is 0 Å². The molecule has 4 unspecified atom stereocenters. The normalized spacial score (nSPS) is 28.3. The molecule has 2 saturated heterocycles. The van der Waals surface area contributed by atoms with E-state index in [0.717, 1.165) is 113 Å². The maximum Gasteiger partial charge on any atom is 0.417 e. The molecule has 2 aromatic rings. The summed E-state index contributed by atoms with van der Waals surface area (Å²) >= 11 is 6.16. The van der Waals surface area contributed by atoms with Crippen LogP contribution in [-0.4, -0.2) is 140 Å². The number of nitrogens with one attached hydrogen (secondary N) is 6. The Morgan fingerprint density at radius 1 is 0.786 bits per heavy atom. The highest BCUT2D eigenvalue weighted by atomic mass is 35.5. The number of alkyl halides is 6. The second-order valence-electron chi connectivity index (χ2n) is 25.7. The van der Waals surface area contributed by atoms with Crippen LogP contribution in [0.15, 0.2) is 95.4 Å². The van der Waals surface area contributed by atoms with E-state index in [1.54, 1.807) is 18.3 Å². The molecule has 18 heteroatoms. The summed E-state index contributed by atoms with van der Waals surface area (Å²) in [6.45, 7) is 25.5. The third kappa shape index (κ3) is 19.2. The molecule has 2 aromatic carbocycles. The zero-order chi connectivity index (χ0) is 60.8. The van der Waals surface area contributed by atoms with Gasteiger partial charge in [-0.2, -0.15) is 26.3 Å². The number of aryl methyl sites for hydroxylation is 1. The molecule has 4 fully saturated rings. The Balaban J connectivity index is 1.17. The molecule has 6 N–H and O–H groups in total. The molecule has 0 aromatic heterocycles. The van der Waals surface area contributed by atoms with E-state index in [1.807, 2.05) is 44.4 Å². The molecule has 0 amide bonds. The number of fused-ring (bicyclic) bond motifs is 2. The van der Waals surface area contributed by atoms with Crippen molar-refractivity contribution in [3.05, 3.63) is 118 Å². The zero-order valence-electron chi connectivity index (χ0n) is 52.1. The first-order chi connectivity index (χ1) is 39.9. The largest absolute Gasteiger partial charge is 0.417 e. The fourth-order valence-corrected chi connectivity index (χ4v) is 13.9. The molecule has 5 aliphatic rings. The number of hydrogen-bond acceptors (Lipinski definition) is 11. The summed E-state index contributed by atoms with van der Waals surface area (Å²) in [6, 6.07) is 11.6. The molecule has 2 aliphatic carbocycles. The Labute approximate surface area is 505 Å². The number of benzene rings is 2. The molecule has 7 rings (SSSR count). The minimum Gasteiger partial charge on any atom is -0.390 e. The van der Waals surface area contributed by atoms with Gasteiger partial charge in [0.15, 0.2) is 0 Å². The minimum atomic E-state index is -4.55. The smallest absolute Gasteiger partial charge is 0.390 e. The Morgan fingerprint density at radius 3 is 2.13 bits per heavy atom. The van der Waals surface area contributed by atoms with E-state index in [1.165, 1.54) is 56.4 Å². The lowest BCUT2D eigenvalue weighted by atomic mass is 9.80. The Kier molecular flexibility index (Phi) is 25.0. The second-order valence-corrected chi connectivity index (χ2v) is 26.1. The van der Waals surface area contributed by atoms with E-state index in [-0.39, 0.29) is 28.7 Å². The van der Waals surface area contributed by atoms with Crippen LogP contribution in [-0.2, 0) is 25.2 Å². The van der Waals surface area contributed by atoms with Crippen molar-refractivity contribution in [2.45, 2.75) is 205 Å². The Morgan fingerprint density at radius 2 is 1.48 bits per heavy atom. The van der Waals surface area contributed by atoms with E-state index in [4.69, 9.17) is 16.6 Å². The maximum absolute atomic E-state index is 13.7. The van der Waals surface area contributed by atoms with E-state index in [2.05, 4.69) is 101 Å². The molecule has 2 saturated carbocycles. The van der Waals surface area contributed by atoms with E-state index < -0.39 is 23.5 Å². The van der Waals surface area contributed by atoms with Gasteiger partial charge in [-0.15, -0.1) is 0 Å². The summed E-state index contributed by atoms with van der Waals surface area (Å²) in [7, 11) is 3.93. The van der Waals surface area contributed by atoms with Gasteiger partial charge in [-0.3, -0.25) is 9.89 Å². The second kappa shape index (κ2) is 31.2. The molecule has 3 heterocycles. The van der Waals surface area contributed by atoms with Gasteiger partial charge in [0, 0.05) is 162 Å². The number of likely N-dealkylation sites (N-methyl/N-ethyl adjacent to an activating group) is 1. The molecule has 1 spiro atoms. The SMILES string of the molecule is CC[C@H](C)[C@H]1CN[C@@H](C)C(C)NCC2[C@H](C)CN2[C@@H](C2CCCC2)C(C)NC2(CCCC2)CNCCNC=CC(CCc2ccc(C(F)(F)F)c(Cl)c2)=NC=C(C)N(C)C=C(Cc2ccc(C(F)(F)F)cc2)N(C)C=C2CCCN2CC(C)N1. The van der Waals surface area contributed by atoms with Gasteiger partial charge in [-0.05, 0) is 151 Å². The molecular weight excluding hydrogens is 1100 g/mol. The van der Waals surface area contributed by atoms with Gasteiger partial charge in [0.2, 0.25) is 0 Å². The first kappa shape index (κ1) is 67.4. The van der Waals surface area contributed by atoms with E-state index in [0.29, 0.717) is 79.0 Å². The van der Waals surface area contributed by atoms with Gasteiger partial charge in [0.25, 0.3) is 0 Å². The average Bonchev–Trinajstić information content (AvgIpc) is 3.26. The molecule has 11 nitrogen and oxygen atoms in total. The summed E-state index contributed by atoms with van der Waals surface area (Å²) < 4.78 is 82.0. The standard InChI is InChI=1S/C66H102ClF6N11/c1-11-45(2)61-38-76-49(6)50(7)77-39-62-46(3)40-84(62)63(54-17-12-13-18-54)51(8)80-64(29-14-15-30-64)44-75-33-32-74-31-28-56(26-22-53-23-27-59(60(67)36-53)66(71,72)73)78-37-48(5)81(9)43-58(35-52-20-24-55(25-21-52)65(68,69)70)82(10)42-57-19-16-34-83(57)41-47(4)79-61/h20-21,23-25,27-28,31,36-37,42-43,45-47,49-51,54,61-63,74-77,79-80H,11-19,22,26,29-30,32-35,38-41,44H2,1-10H3/t45-,46+,47?,49-,50?,51?,61+,62?,63+/m0/s1. The topological polar surface area (TPSA) is 97.5 Å². The minimum absolute atomic E-state index is 0.0302. The summed E-state index contributed by atoms with van der Waals surface area (Å²) in [5.41, 5.74) is 3.46. The van der Waals surface area contributed by atoms with Crippen molar-refractivity contribution in [1.82, 2.24) is 51.5 Å². The van der Waals surface area contributed by atoms with Crippen molar-refractivity contribution >= 4 is 17.3 Å². The van der Waals surface area contributed by atoms with Gasteiger partial charge < -0.3 is 46.6 Å². The number of halogens is 7. The predicted molar refractivity (Wildman–Crippen MR) is 334 cm³/mol. The van der Waals surface area contributed by atoms with Crippen LogP contribution in [0.25, 0.3) is 0 Å². The first-order valence-corrected chi connectivity index (χ1v) is 32.1. The molecule has 0 bridgehead atoms. The summed E-state index contributed by atoms with van der Waals surface area (Å²) in [4.78, 5) is 14.4. The number of rotatable bonds is 8. The fraction of sp³-hybridized carbons (Fsp3) is 0.682. The van der Waals surface area contributed by atoms with Crippen molar-refractivity contribution in [2.75, 3.05) is 66.5 Å². The highest BCUT2D eigenvalue weighted by Crippen LogP contribution is 2.40. The van der Waals surface area contributed by atoms with Crippen LogP contribution in [0.4, 0.5) is 26.3 Å². The lowest BCUT2D eigenvalue weighted by Crippen LogP contribution is -2.70. The number of allylic oxidation sites excluding steroid dienone is 4. The van der Waals surface area contributed by atoms with Crippen LogP contribution in [0.1, 0.15) is 155 Å². The Bertz CT molecular complexity index is 2520. The van der Waals surface area contributed by atoms with Crippen LogP contribution >= 0.6 is 11.6 Å². The van der Waals surface area contributed by atoms with Crippen LogP contribution < -0.4 is 31.9 Å². The van der Waals surface area contributed by atoms with Gasteiger partial charge >= 0.3 is 12.4 Å². The molecule has 3 aliphatic heterocycles. The summed E-state index contributed by atoms with van der Waals surface area (Å²) in [5, 5.41) is 23.3. The number of aliphatic imine (C=N–C) groups is 1. The lowest BCUT2D eigenvalue weighted by Gasteiger charge is -2.55. The van der Waals surface area contributed by atoms with Gasteiger partial charge in [-0.25, -0.2) is 0 Å². The number of hydrogen-bond donors (Lipinski definition) is 6. The van der Waals surface area contributed by atoms with Crippen LogP contribution in [0, 0.1) is 17.8 Å². The third-order valence-corrected chi connectivity index (χ3v) is 19.5. The first-order valence-electron chi connectivity index (χ1n) is 31.7. The third-order valence-electron chi connectivity index (χ3n) is 19.2. The zero-order valence-corrected chi connectivity index (χ0v) is 52.9. The molecule has 470 valence electrons. The van der Waals surface area contributed by atoms with Gasteiger partial charge in [0.1, 0.15) is 0 Å². The summed E-state index contributed by atoms with van der Waals surface area (Å²) in [5.74, 6) is 1.79. The predicted octanol–water partition coefficient (Wildman–Crippen LogP) is 12.7. The van der Waals surface area contributed by atoms with Crippen molar-refractivity contribution in [1.29, 1.82) is 0 Å². The van der Waals surface area contributed by atoms with Crippen LogP contribution in [0.3, 0.4) is 0 Å². The van der Waals surface area contributed by atoms with Crippen molar-refractivity contribution < 1.29 is 26.3 Å². The highest BCUT2D eigenvalue weighted by molar-refractivity contribution is 6.31. The maximum atomic E-state index is 13.7. The lowest BCUT2D eigenvalue weighted by molar-refractivity contribution is -0.138. The Hall–Kier alpha value is -4.10. The van der Waals surface area contributed by atoms with Gasteiger partial charge in [0.05, 0.1) is 16.1 Å². The van der Waals surface area contributed by atoms with Crippen LogP contribution in [0.5, 0.6) is 0 Å². The monoisotopic (exact) mass is 1200 g/mol. The molecular formula is C66H102ClF6N11. The van der Waals surface area contributed by atoms with Crippen LogP contribution in [0.2, 0.25) is 5.02 Å².